The summed E-state index contributed by atoms with van der Waals surface area (Å²) < 4.78 is 0. The first kappa shape index (κ1) is 18.7. The van der Waals surface area contributed by atoms with Gasteiger partial charge in [-0.15, -0.1) is 0 Å². The van der Waals surface area contributed by atoms with Crippen molar-refractivity contribution in [1.29, 1.82) is 0 Å². The van der Waals surface area contributed by atoms with Gasteiger partial charge in [0.15, 0.2) is 0 Å². The van der Waals surface area contributed by atoms with E-state index in [0.717, 1.165) is 0 Å². The third-order valence-electron chi connectivity index (χ3n) is 7.65. The second kappa shape index (κ2) is 6.56. The lowest BCUT2D eigenvalue weighted by Crippen LogP contribution is -1.90. The summed E-state index contributed by atoms with van der Waals surface area (Å²) in [7, 11) is 0. The largest absolute Gasteiger partial charge is 0.0613 e. The second-order valence-electron chi connectivity index (χ2n) is 9.47. The molecule has 33 heavy (non-hydrogen) atoms. The van der Waals surface area contributed by atoms with Crippen molar-refractivity contribution < 1.29 is 0 Å². The van der Waals surface area contributed by atoms with Gasteiger partial charge >= 0.3 is 0 Å². The van der Waals surface area contributed by atoms with E-state index in [-0.39, 0.29) is 0 Å². The van der Waals surface area contributed by atoms with Crippen LogP contribution in [0.4, 0.5) is 0 Å². The van der Waals surface area contributed by atoms with Crippen molar-refractivity contribution in [3.05, 3.63) is 108 Å². The van der Waals surface area contributed by atoms with Crippen LogP contribution in [0.15, 0.2) is 91.0 Å². The standard InChI is InChI=1S/C33H24/c1-19-7-4-10-25-22(19)13-16-28-31(25)29-17-14-23-20(2)9-6-12-27(23)33(29)30-18-15-24-21(3)8-5-11-26(24)32(28)30/h4-18H,1-3H3. The van der Waals surface area contributed by atoms with E-state index in [2.05, 4.69) is 112 Å². The Kier molecular flexibility index (Phi) is 3.71. The zero-order valence-corrected chi connectivity index (χ0v) is 19.2. The topological polar surface area (TPSA) is 0 Å². The summed E-state index contributed by atoms with van der Waals surface area (Å²) in [5.74, 6) is 0. The number of rotatable bonds is 0. The average Bonchev–Trinajstić information content (AvgIpc) is 2.83. The van der Waals surface area contributed by atoms with Gasteiger partial charge in [0.25, 0.3) is 0 Å². The molecule has 0 aliphatic heterocycles. The monoisotopic (exact) mass is 420 g/mol. The third kappa shape index (κ3) is 2.41. The average molecular weight is 421 g/mol. The Morgan fingerprint density at radius 3 is 0.848 bits per heavy atom. The van der Waals surface area contributed by atoms with Crippen molar-refractivity contribution in [2.45, 2.75) is 20.8 Å². The number of fused-ring (bicyclic) bond motifs is 12. The van der Waals surface area contributed by atoms with E-state index in [1.807, 2.05) is 0 Å². The minimum atomic E-state index is 1.33. The summed E-state index contributed by atoms with van der Waals surface area (Å²) in [5.41, 5.74) is 3.98. The van der Waals surface area contributed by atoms with Gasteiger partial charge < -0.3 is 0 Å². The molecule has 0 saturated heterocycles. The maximum atomic E-state index is 2.36. The normalized spacial score (nSPS) is 12.1. The molecule has 0 aliphatic rings. The zero-order valence-electron chi connectivity index (χ0n) is 19.2. The third-order valence-corrected chi connectivity index (χ3v) is 7.65. The fourth-order valence-electron chi connectivity index (χ4n) is 6.04. The highest BCUT2D eigenvalue weighted by atomic mass is 14.2. The van der Waals surface area contributed by atoms with Gasteiger partial charge in [0.1, 0.15) is 0 Å². The second-order valence-corrected chi connectivity index (χ2v) is 9.47. The molecule has 0 nitrogen and oxygen atoms in total. The van der Waals surface area contributed by atoms with Crippen LogP contribution in [-0.2, 0) is 0 Å². The highest BCUT2D eigenvalue weighted by Crippen LogP contribution is 2.44. The number of hydrogen-bond donors (Lipinski definition) is 0. The maximum Gasteiger partial charge on any atom is -0.00198 e. The molecule has 0 N–H and O–H groups in total. The van der Waals surface area contributed by atoms with E-state index >= 15 is 0 Å². The molecule has 0 unspecified atom stereocenters. The smallest absolute Gasteiger partial charge is 0.00198 e. The fourth-order valence-corrected chi connectivity index (χ4v) is 6.04. The van der Waals surface area contributed by atoms with Crippen LogP contribution in [0.3, 0.4) is 0 Å². The maximum absolute atomic E-state index is 2.36. The summed E-state index contributed by atoms with van der Waals surface area (Å²) in [6.45, 7) is 6.65. The first-order chi connectivity index (χ1) is 16.1. The van der Waals surface area contributed by atoms with Crippen LogP contribution in [0, 0.1) is 20.8 Å². The van der Waals surface area contributed by atoms with Crippen LogP contribution >= 0.6 is 0 Å². The van der Waals surface area contributed by atoms with Crippen LogP contribution in [0.1, 0.15) is 16.7 Å². The van der Waals surface area contributed by atoms with Gasteiger partial charge in [0.2, 0.25) is 0 Å². The van der Waals surface area contributed by atoms with E-state index in [4.69, 9.17) is 0 Å². The first-order valence-corrected chi connectivity index (χ1v) is 11.7. The Morgan fingerprint density at radius 1 is 0.273 bits per heavy atom. The number of aryl methyl sites for hydroxylation is 3. The molecule has 0 heterocycles. The van der Waals surface area contributed by atoms with Gasteiger partial charge in [0, 0.05) is 0 Å². The highest BCUT2D eigenvalue weighted by molar-refractivity contribution is 6.39. The molecule has 7 rings (SSSR count). The summed E-state index contributed by atoms with van der Waals surface area (Å²) in [5, 5.41) is 16.2. The van der Waals surface area contributed by atoms with Gasteiger partial charge in [-0.05, 0) is 102 Å². The Hall–Kier alpha value is -3.90. The minimum absolute atomic E-state index is 1.33. The number of hydrogen-bond acceptors (Lipinski definition) is 0. The van der Waals surface area contributed by atoms with Crippen molar-refractivity contribution in [1.82, 2.24) is 0 Å². The molecule has 0 atom stereocenters. The van der Waals surface area contributed by atoms with Crippen molar-refractivity contribution in [3.8, 4) is 0 Å². The van der Waals surface area contributed by atoms with Crippen LogP contribution in [0.2, 0.25) is 0 Å². The number of benzene rings is 7. The first-order valence-electron chi connectivity index (χ1n) is 11.7. The zero-order chi connectivity index (χ0) is 22.3. The van der Waals surface area contributed by atoms with Gasteiger partial charge in [0.05, 0.1) is 0 Å². The van der Waals surface area contributed by atoms with Gasteiger partial charge in [-0.1, -0.05) is 91.0 Å². The molecule has 156 valence electrons. The molecular weight excluding hydrogens is 396 g/mol. The molecular formula is C33H24. The molecule has 0 aromatic heterocycles. The van der Waals surface area contributed by atoms with E-state index in [9.17, 15) is 0 Å². The SMILES string of the molecule is Cc1cccc2c1ccc1c2c2ccc3c(C)cccc3c2c2ccc3c(C)cccc3c12. The molecule has 0 aliphatic carbocycles. The van der Waals surface area contributed by atoms with Gasteiger partial charge in [-0.3, -0.25) is 0 Å². The quantitative estimate of drug-likeness (QED) is 0.214. The van der Waals surface area contributed by atoms with Crippen LogP contribution in [0.25, 0.3) is 64.6 Å². The molecule has 0 saturated carbocycles. The molecule has 7 aromatic rings. The summed E-state index contributed by atoms with van der Waals surface area (Å²) in [6.07, 6.45) is 0. The lowest BCUT2D eigenvalue weighted by atomic mass is 9.85. The van der Waals surface area contributed by atoms with Crippen LogP contribution in [-0.4, -0.2) is 0 Å². The Bertz CT molecular complexity index is 1680. The van der Waals surface area contributed by atoms with Crippen LogP contribution < -0.4 is 0 Å². The van der Waals surface area contributed by atoms with Crippen molar-refractivity contribution in [3.63, 3.8) is 0 Å². The van der Waals surface area contributed by atoms with Gasteiger partial charge in [-0.25, -0.2) is 0 Å². The van der Waals surface area contributed by atoms with Crippen molar-refractivity contribution in [2.24, 2.45) is 0 Å². The lowest BCUT2D eigenvalue weighted by Gasteiger charge is -2.18. The van der Waals surface area contributed by atoms with Crippen molar-refractivity contribution in [2.75, 3.05) is 0 Å². The molecule has 0 fully saturated rings. The Balaban J connectivity index is 1.92. The van der Waals surface area contributed by atoms with Gasteiger partial charge in [-0.2, -0.15) is 0 Å². The molecule has 0 amide bonds. The lowest BCUT2D eigenvalue weighted by molar-refractivity contribution is 1.54. The molecule has 0 heteroatoms. The Labute approximate surface area is 193 Å². The summed E-state index contributed by atoms with van der Waals surface area (Å²) in [4.78, 5) is 0. The molecule has 7 aromatic carbocycles. The molecule has 0 bridgehead atoms. The van der Waals surface area contributed by atoms with E-state index in [1.165, 1.54) is 81.3 Å². The molecule has 0 spiro atoms. The van der Waals surface area contributed by atoms with E-state index < -0.39 is 0 Å². The van der Waals surface area contributed by atoms with Crippen LogP contribution in [0.5, 0.6) is 0 Å². The summed E-state index contributed by atoms with van der Waals surface area (Å²) in [6, 6.07) is 34.2. The highest BCUT2D eigenvalue weighted by Gasteiger charge is 2.16. The Morgan fingerprint density at radius 2 is 0.545 bits per heavy atom. The predicted molar refractivity (Wildman–Crippen MR) is 146 cm³/mol. The fraction of sp³-hybridized carbons (Fsp3) is 0.0909. The minimum Gasteiger partial charge on any atom is -0.0613 e. The van der Waals surface area contributed by atoms with E-state index in [0.29, 0.717) is 0 Å². The molecule has 0 radical (unpaired) electrons. The van der Waals surface area contributed by atoms with E-state index in [1.54, 1.807) is 0 Å². The van der Waals surface area contributed by atoms with Crippen molar-refractivity contribution >= 4 is 64.6 Å². The predicted octanol–water partition coefficient (Wildman–Crippen LogP) is 9.53. The summed E-state index contributed by atoms with van der Waals surface area (Å²) >= 11 is 0.